The predicted octanol–water partition coefficient (Wildman–Crippen LogP) is 3.14. The lowest BCUT2D eigenvalue weighted by molar-refractivity contribution is 0.199. The summed E-state index contributed by atoms with van der Waals surface area (Å²) in [6.45, 7) is 4.57. The van der Waals surface area contributed by atoms with Gasteiger partial charge < -0.3 is 10.2 Å². The standard InChI is InChI=1S/C13H20N2OS/c1-11-6-7-12(17-11)10-14-13(16)15-8-4-2-3-5-9-15/h6-7H,2-5,8-10H2,1H3,(H,14,16). The van der Waals surface area contributed by atoms with Gasteiger partial charge in [0.1, 0.15) is 0 Å². The van der Waals surface area contributed by atoms with Crippen LogP contribution in [0.1, 0.15) is 35.4 Å². The van der Waals surface area contributed by atoms with E-state index in [0.717, 1.165) is 25.9 Å². The average Bonchev–Trinajstić information content (AvgIpc) is 2.58. The highest BCUT2D eigenvalue weighted by Crippen LogP contribution is 2.15. The molecule has 0 atom stereocenters. The Hall–Kier alpha value is -1.03. The van der Waals surface area contributed by atoms with Gasteiger partial charge in [-0.05, 0) is 31.9 Å². The number of thiophene rings is 1. The van der Waals surface area contributed by atoms with E-state index in [2.05, 4.69) is 24.4 Å². The van der Waals surface area contributed by atoms with Crippen molar-refractivity contribution in [3.05, 3.63) is 21.9 Å². The molecule has 0 unspecified atom stereocenters. The van der Waals surface area contributed by atoms with Crippen molar-refractivity contribution in [2.45, 2.75) is 39.2 Å². The van der Waals surface area contributed by atoms with Gasteiger partial charge in [-0.15, -0.1) is 11.3 Å². The molecule has 1 aromatic rings. The molecule has 0 aromatic carbocycles. The molecule has 1 aliphatic heterocycles. The van der Waals surface area contributed by atoms with E-state index in [4.69, 9.17) is 0 Å². The number of urea groups is 1. The van der Waals surface area contributed by atoms with E-state index < -0.39 is 0 Å². The molecule has 0 radical (unpaired) electrons. The second kappa shape index (κ2) is 6.05. The van der Waals surface area contributed by atoms with E-state index in [-0.39, 0.29) is 6.03 Å². The summed E-state index contributed by atoms with van der Waals surface area (Å²) in [6, 6.07) is 4.28. The topological polar surface area (TPSA) is 32.3 Å². The zero-order chi connectivity index (χ0) is 12.1. The van der Waals surface area contributed by atoms with Crippen LogP contribution in [0.4, 0.5) is 4.79 Å². The number of aryl methyl sites for hydroxylation is 1. The molecule has 94 valence electrons. The summed E-state index contributed by atoms with van der Waals surface area (Å²) < 4.78 is 0. The first-order chi connectivity index (χ1) is 8.25. The highest BCUT2D eigenvalue weighted by molar-refractivity contribution is 7.11. The number of rotatable bonds is 2. The molecule has 0 spiro atoms. The quantitative estimate of drug-likeness (QED) is 0.861. The van der Waals surface area contributed by atoms with Gasteiger partial charge >= 0.3 is 6.03 Å². The van der Waals surface area contributed by atoms with Crippen LogP contribution in [0.2, 0.25) is 0 Å². The van der Waals surface area contributed by atoms with E-state index in [1.165, 1.54) is 22.6 Å². The largest absolute Gasteiger partial charge is 0.333 e. The molecule has 0 bridgehead atoms. The van der Waals surface area contributed by atoms with E-state index in [0.29, 0.717) is 6.54 Å². The molecule has 1 aromatic heterocycles. The summed E-state index contributed by atoms with van der Waals surface area (Å²) in [7, 11) is 0. The van der Waals surface area contributed by atoms with Crippen LogP contribution in [0.5, 0.6) is 0 Å². The number of nitrogens with zero attached hydrogens (tertiary/aromatic N) is 1. The number of nitrogens with one attached hydrogen (secondary N) is 1. The zero-order valence-corrected chi connectivity index (χ0v) is 11.2. The van der Waals surface area contributed by atoms with Crippen molar-refractivity contribution in [3.8, 4) is 0 Å². The van der Waals surface area contributed by atoms with Gasteiger partial charge in [0, 0.05) is 22.8 Å². The van der Waals surface area contributed by atoms with Gasteiger partial charge in [-0.25, -0.2) is 4.79 Å². The maximum atomic E-state index is 12.0. The van der Waals surface area contributed by atoms with Gasteiger partial charge in [-0.1, -0.05) is 12.8 Å². The van der Waals surface area contributed by atoms with Crippen LogP contribution in [0, 0.1) is 6.92 Å². The Morgan fingerprint density at radius 3 is 2.59 bits per heavy atom. The maximum Gasteiger partial charge on any atom is 0.317 e. The molecule has 4 heteroatoms. The minimum absolute atomic E-state index is 0.0953. The molecular formula is C13H20N2OS. The van der Waals surface area contributed by atoms with Crippen molar-refractivity contribution in [3.63, 3.8) is 0 Å². The summed E-state index contributed by atoms with van der Waals surface area (Å²) >= 11 is 1.75. The smallest absolute Gasteiger partial charge is 0.317 e. The number of hydrogen-bond donors (Lipinski definition) is 1. The van der Waals surface area contributed by atoms with Crippen molar-refractivity contribution in [1.82, 2.24) is 10.2 Å². The summed E-state index contributed by atoms with van der Waals surface area (Å²) in [5, 5.41) is 3.01. The molecule has 17 heavy (non-hydrogen) atoms. The van der Waals surface area contributed by atoms with Crippen molar-refractivity contribution in [2.24, 2.45) is 0 Å². The molecule has 2 rings (SSSR count). The Balaban J connectivity index is 1.79. The molecule has 1 aliphatic rings. The van der Waals surface area contributed by atoms with Gasteiger partial charge in [0.25, 0.3) is 0 Å². The molecule has 3 nitrogen and oxygen atoms in total. The molecule has 1 N–H and O–H groups in total. The Kier molecular flexibility index (Phi) is 4.42. The third kappa shape index (κ3) is 3.73. The van der Waals surface area contributed by atoms with Crippen molar-refractivity contribution in [2.75, 3.05) is 13.1 Å². The Bertz CT molecular complexity index is 367. The lowest BCUT2D eigenvalue weighted by Gasteiger charge is -2.20. The minimum Gasteiger partial charge on any atom is -0.333 e. The van der Waals surface area contributed by atoms with Crippen LogP contribution in [-0.2, 0) is 6.54 Å². The van der Waals surface area contributed by atoms with Crippen LogP contribution in [0.3, 0.4) is 0 Å². The summed E-state index contributed by atoms with van der Waals surface area (Å²) in [6.07, 6.45) is 4.80. The van der Waals surface area contributed by atoms with Gasteiger partial charge in [-0.3, -0.25) is 0 Å². The monoisotopic (exact) mass is 252 g/mol. The van der Waals surface area contributed by atoms with Crippen molar-refractivity contribution < 1.29 is 4.79 Å². The molecule has 2 amide bonds. The second-order valence-electron chi connectivity index (χ2n) is 4.57. The molecular weight excluding hydrogens is 232 g/mol. The van der Waals surface area contributed by atoms with Gasteiger partial charge in [0.2, 0.25) is 0 Å². The number of hydrogen-bond acceptors (Lipinski definition) is 2. The van der Waals surface area contributed by atoms with Crippen LogP contribution >= 0.6 is 11.3 Å². The SMILES string of the molecule is Cc1ccc(CNC(=O)N2CCCCCC2)s1. The Morgan fingerprint density at radius 2 is 2.00 bits per heavy atom. The lowest BCUT2D eigenvalue weighted by Crippen LogP contribution is -2.39. The van der Waals surface area contributed by atoms with Crippen molar-refractivity contribution in [1.29, 1.82) is 0 Å². The van der Waals surface area contributed by atoms with Crippen molar-refractivity contribution >= 4 is 17.4 Å². The highest BCUT2D eigenvalue weighted by atomic mass is 32.1. The number of likely N-dealkylation sites (tertiary alicyclic amines) is 1. The number of carbonyl (C=O) groups excluding carboxylic acids is 1. The average molecular weight is 252 g/mol. The number of amides is 2. The number of carbonyl (C=O) groups is 1. The lowest BCUT2D eigenvalue weighted by atomic mass is 10.2. The minimum atomic E-state index is 0.0953. The van der Waals surface area contributed by atoms with Crippen LogP contribution < -0.4 is 5.32 Å². The highest BCUT2D eigenvalue weighted by Gasteiger charge is 2.14. The van der Waals surface area contributed by atoms with E-state index in [1.54, 1.807) is 11.3 Å². The first-order valence-electron chi connectivity index (χ1n) is 6.34. The maximum absolute atomic E-state index is 12.0. The Labute approximate surface area is 107 Å². The zero-order valence-electron chi connectivity index (χ0n) is 10.4. The van der Waals surface area contributed by atoms with E-state index in [9.17, 15) is 4.79 Å². The third-order valence-corrected chi connectivity index (χ3v) is 4.10. The second-order valence-corrected chi connectivity index (χ2v) is 5.94. The van der Waals surface area contributed by atoms with E-state index >= 15 is 0 Å². The fourth-order valence-corrected chi connectivity index (χ4v) is 2.96. The summed E-state index contributed by atoms with van der Waals surface area (Å²) in [4.78, 5) is 16.4. The summed E-state index contributed by atoms with van der Waals surface area (Å²) in [5.41, 5.74) is 0. The first kappa shape index (κ1) is 12.4. The predicted molar refractivity (Wildman–Crippen MR) is 71.3 cm³/mol. The fraction of sp³-hybridized carbons (Fsp3) is 0.615. The van der Waals surface area contributed by atoms with Gasteiger partial charge in [-0.2, -0.15) is 0 Å². The third-order valence-electron chi connectivity index (χ3n) is 3.10. The Morgan fingerprint density at radius 1 is 1.29 bits per heavy atom. The summed E-state index contributed by atoms with van der Waals surface area (Å²) in [5.74, 6) is 0. The molecule has 1 fully saturated rings. The van der Waals surface area contributed by atoms with E-state index in [1.807, 2.05) is 4.90 Å². The molecule has 0 aliphatic carbocycles. The molecule has 0 saturated carbocycles. The van der Waals surface area contributed by atoms with Crippen LogP contribution in [0.25, 0.3) is 0 Å². The fourth-order valence-electron chi connectivity index (χ4n) is 2.13. The molecule has 1 saturated heterocycles. The van der Waals surface area contributed by atoms with Crippen LogP contribution in [0.15, 0.2) is 12.1 Å². The van der Waals surface area contributed by atoms with Gasteiger partial charge in [0.05, 0.1) is 6.54 Å². The normalized spacial score (nSPS) is 16.6. The van der Waals surface area contributed by atoms with Crippen LogP contribution in [-0.4, -0.2) is 24.0 Å². The molecule has 2 heterocycles. The van der Waals surface area contributed by atoms with Gasteiger partial charge in [0.15, 0.2) is 0 Å². The first-order valence-corrected chi connectivity index (χ1v) is 7.15.